The van der Waals surface area contributed by atoms with Gasteiger partial charge in [-0.1, -0.05) is 69.6 Å². The van der Waals surface area contributed by atoms with E-state index in [1.165, 1.54) is 22.0 Å². The van der Waals surface area contributed by atoms with Crippen LogP contribution in [0, 0.1) is 11.8 Å². The van der Waals surface area contributed by atoms with E-state index in [0.29, 0.717) is 23.9 Å². The van der Waals surface area contributed by atoms with E-state index in [-0.39, 0.29) is 23.3 Å². The molecule has 0 saturated carbocycles. The summed E-state index contributed by atoms with van der Waals surface area (Å²) in [5.74, 6) is 0.714. The summed E-state index contributed by atoms with van der Waals surface area (Å²) in [6.07, 6.45) is 1.46. The maximum absolute atomic E-state index is 13.5. The van der Waals surface area contributed by atoms with Crippen molar-refractivity contribution in [2.24, 2.45) is 11.8 Å². The van der Waals surface area contributed by atoms with Gasteiger partial charge in [0.05, 0.1) is 11.5 Å². The number of rotatable bonds is 11. The third-order valence-electron chi connectivity index (χ3n) is 5.40. The Balaban J connectivity index is 2.27. The Morgan fingerprint density at radius 1 is 0.933 bits per heavy atom. The zero-order chi connectivity index (χ0) is 22.3. The topological polar surface area (TPSA) is 57.6 Å². The SMILES string of the molecule is CC(C)C[C@H](CO)N(CC(C)CC(C)c1ccccc1)S(=O)(=O)c1ccc(Cl)cc1. The molecule has 0 aliphatic rings. The first kappa shape index (κ1) is 24.9. The second-order valence-electron chi connectivity index (χ2n) is 8.65. The molecule has 4 nitrogen and oxygen atoms in total. The van der Waals surface area contributed by atoms with Crippen LogP contribution in [0.15, 0.2) is 59.5 Å². The van der Waals surface area contributed by atoms with Gasteiger partial charge in [-0.25, -0.2) is 8.42 Å². The van der Waals surface area contributed by atoms with Crippen LogP contribution in [-0.4, -0.2) is 37.0 Å². The van der Waals surface area contributed by atoms with Gasteiger partial charge in [-0.2, -0.15) is 4.31 Å². The van der Waals surface area contributed by atoms with Crippen LogP contribution in [0.5, 0.6) is 0 Å². The van der Waals surface area contributed by atoms with Gasteiger partial charge < -0.3 is 5.11 Å². The molecule has 2 rings (SSSR count). The van der Waals surface area contributed by atoms with Gasteiger partial charge in [-0.15, -0.1) is 0 Å². The van der Waals surface area contributed by atoms with Crippen molar-refractivity contribution in [2.75, 3.05) is 13.2 Å². The molecule has 0 fully saturated rings. The molecular formula is C24H34ClNO3S. The molecule has 2 unspecified atom stereocenters. The van der Waals surface area contributed by atoms with Gasteiger partial charge in [0.15, 0.2) is 0 Å². The number of aliphatic hydroxyl groups excluding tert-OH is 1. The fourth-order valence-electron chi connectivity index (χ4n) is 3.92. The molecule has 2 aromatic rings. The summed E-state index contributed by atoms with van der Waals surface area (Å²) in [6, 6.07) is 16.0. The number of nitrogens with zero attached hydrogens (tertiary/aromatic N) is 1. The molecular weight excluding hydrogens is 418 g/mol. The van der Waals surface area contributed by atoms with Gasteiger partial charge in [0.1, 0.15) is 0 Å². The Bertz CT molecular complexity index is 869. The molecule has 1 N–H and O–H groups in total. The van der Waals surface area contributed by atoms with Crippen molar-refractivity contribution in [1.82, 2.24) is 4.31 Å². The molecule has 3 atom stereocenters. The Morgan fingerprint density at radius 2 is 1.53 bits per heavy atom. The van der Waals surface area contributed by atoms with Crippen LogP contribution < -0.4 is 0 Å². The van der Waals surface area contributed by atoms with Crippen LogP contribution >= 0.6 is 11.6 Å². The van der Waals surface area contributed by atoms with Crippen molar-refractivity contribution in [3.63, 3.8) is 0 Å². The van der Waals surface area contributed by atoms with E-state index in [9.17, 15) is 13.5 Å². The minimum absolute atomic E-state index is 0.128. The molecule has 0 spiro atoms. The highest BCUT2D eigenvalue weighted by atomic mass is 35.5. The summed E-state index contributed by atoms with van der Waals surface area (Å²) in [7, 11) is -3.76. The normalized spacial score (nSPS) is 15.3. The van der Waals surface area contributed by atoms with E-state index in [1.54, 1.807) is 12.1 Å². The second-order valence-corrected chi connectivity index (χ2v) is 11.0. The fraction of sp³-hybridized carbons (Fsp3) is 0.500. The maximum Gasteiger partial charge on any atom is 0.243 e. The van der Waals surface area contributed by atoms with Crippen LogP contribution in [0.4, 0.5) is 0 Å². The molecule has 0 aromatic heterocycles. The highest BCUT2D eigenvalue weighted by molar-refractivity contribution is 7.89. The molecule has 0 aliphatic carbocycles. The number of sulfonamides is 1. The Kier molecular flexibility index (Phi) is 9.35. The largest absolute Gasteiger partial charge is 0.395 e. The van der Waals surface area contributed by atoms with E-state index in [4.69, 9.17) is 11.6 Å². The molecule has 0 aliphatic heterocycles. The summed E-state index contributed by atoms with van der Waals surface area (Å²) in [5.41, 5.74) is 1.25. The summed E-state index contributed by atoms with van der Waals surface area (Å²) < 4.78 is 28.5. The lowest BCUT2D eigenvalue weighted by Gasteiger charge is -2.33. The quantitative estimate of drug-likeness (QED) is 0.486. The van der Waals surface area contributed by atoms with Crippen LogP contribution in [0.1, 0.15) is 52.0 Å². The minimum atomic E-state index is -3.76. The summed E-state index contributed by atoms with van der Waals surface area (Å²) in [6.45, 7) is 8.48. The smallest absolute Gasteiger partial charge is 0.243 e. The second kappa shape index (κ2) is 11.3. The molecule has 166 valence electrons. The number of hydrogen-bond donors (Lipinski definition) is 1. The average Bonchev–Trinajstić information content (AvgIpc) is 2.71. The zero-order valence-corrected chi connectivity index (χ0v) is 19.9. The van der Waals surface area contributed by atoms with Crippen molar-refractivity contribution in [1.29, 1.82) is 0 Å². The Labute approximate surface area is 186 Å². The van der Waals surface area contributed by atoms with Crippen LogP contribution in [-0.2, 0) is 10.0 Å². The maximum atomic E-state index is 13.5. The molecule has 0 saturated heterocycles. The zero-order valence-electron chi connectivity index (χ0n) is 18.3. The van der Waals surface area contributed by atoms with Crippen molar-refractivity contribution >= 4 is 21.6 Å². The van der Waals surface area contributed by atoms with E-state index in [1.807, 2.05) is 32.0 Å². The lowest BCUT2D eigenvalue weighted by Crippen LogP contribution is -2.45. The van der Waals surface area contributed by atoms with Crippen molar-refractivity contribution < 1.29 is 13.5 Å². The number of hydrogen-bond acceptors (Lipinski definition) is 3. The lowest BCUT2D eigenvalue weighted by molar-refractivity contribution is 0.155. The molecule has 0 bridgehead atoms. The molecule has 0 radical (unpaired) electrons. The molecule has 0 amide bonds. The fourth-order valence-corrected chi connectivity index (χ4v) is 5.79. The van der Waals surface area contributed by atoms with E-state index in [0.717, 1.165) is 6.42 Å². The van der Waals surface area contributed by atoms with E-state index < -0.39 is 16.1 Å². The van der Waals surface area contributed by atoms with Crippen molar-refractivity contribution in [3.05, 3.63) is 65.2 Å². The van der Waals surface area contributed by atoms with Gasteiger partial charge in [0, 0.05) is 17.6 Å². The monoisotopic (exact) mass is 451 g/mol. The first-order valence-corrected chi connectivity index (χ1v) is 12.4. The lowest BCUT2D eigenvalue weighted by atomic mass is 9.91. The molecule has 6 heteroatoms. The predicted octanol–water partition coefficient (Wildman–Crippen LogP) is 5.57. The summed E-state index contributed by atoms with van der Waals surface area (Å²) in [5, 5.41) is 10.5. The van der Waals surface area contributed by atoms with E-state index >= 15 is 0 Å². The van der Waals surface area contributed by atoms with Crippen LogP contribution in [0.25, 0.3) is 0 Å². The highest BCUT2D eigenvalue weighted by Gasteiger charge is 2.33. The standard InChI is InChI=1S/C24H34ClNO3S/c1-18(2)14-23(17-27)26(30(28,29)24-12-10-22(25)11-13-24)16-19(3)15-20(4)21-8-6-5-7-9-21/h5-13,18-20,23,27H,14-17H2,1-4H3/t19?,20?,23-/m1/s1. The number of benzene rings is 2. The first-order chi connectivity index (χ1) is 14.1. The van der Waals surface area contributed by atoms with Crippen LogP contribution in [0.2, 0.25) is 5.02 Å². The molecule has 30 heavy (non-hydrogen) atoms. The van der Waals surface area contributed by atoms with Gasteiger partial charge in [-0.3, -0.25) is 0 Å². The van der Waals surface area contributed by atoms with Gasteiger partial charge in [-0.05, 0) is 60.4 Å². The van der Waals surface area contributed by atoms with Gasteiger partial charge in [0.2, 0.25) is 10.0 Å². The summed E-state index contributed by atoms with van der Waals surface area (Å²) >= 11 is 5.95. The molecule has 0 heterocycles. The third-order valence-corrected chi connectivity index (χ3v) is 7.58. The number of aliphatic hydroxyl groups is 1. The Morgan fingerprint density at radius 3 is 2.07 bits per heavy atom. The highest BCUT2D eigenvalue weighted by Crippen LogP contribution is 2.28. The number of halogens is 1. The van der Waals surface area contributed by atoms with Crippen LogP contribution in [0.3, 0.4) is 0 Å². The van der Waals surface area contributed by atoms with Gasteiger partial charge in [0.25, 0.3) is 0 Å². The summed E-state index contributed by atoms with van der Waals surface area (Å²) in [4.78, 5) is 0.206. The van der Waals surface area contributed by atoms with Crippen molar-refractivity contribution in [2.45, 2.75) is 57.4 Å². The Hall–Kier alpha value is -1.40. The van der Waals surface area contributed by atoms with Gasteiger partial charge >= 0.3 is 0 Å². The third kappa shape index (κ3) is 6.81. The first-order valence-electron chi connectivity index (χ1n) is 10.6. The minimum Gasteiger partial charge on any atom is -0.395 e. The van der Waals surface area contributed by atoms with E-state index in [2.05, 4.69) is 26.0 Å². The molecule has 2 aromatic carbocycles. The predicted molar refractivity (Wildman–Crippen MR) is 124 cm³/mol. The average molecular weight is 452 g/mol. The van der Waals surface area contributed by atoms with Crippen molar-refractivity contribution in [3.8, 4) is 0 Å².